The van der Waals surface area contributed by atoms with Crippen LogP contribution in [0.4, 0.5) is 6.01 Å². The third kappa shape index (κ3) is 4.69. The van der Waals surface area contributed by atoms with Gasteiger partial charge in [-0.15, -0.1) is 0 Å². The van der Waals surface area contributed by atoms with Gasteiger partial charge in [0.15, 0.2) is 17.2 Å². The van der Waals surface area contributed by atoms with Gasteiger partial charge in [0, 0.05) is 12.1 Å². The van der Waals surface area contributed by atoms with E-state index < -0.39 is 5.91 Å². The van der Waals surface area contributed by atoms with Crippen molar-refractivity contribution in [2.24, 2.45) is 0 Å². The van der Waals surface area contributed by atoms with Gasteiger partial charge >= 0.3 is 6.01 Å². The first-order chi connectivity index (χ1) is 14.5. The van der Waals surface area contributed by atoms with E-state index in [0.717, 1.165) is 5.56 Å². The third-order valence-electron chi connectivity index (χ3n) is 4.17. The Labute approximate surface area is 173 Å². The van der Waals surface area contributed by atoms with Crippen LogP contribution in [0.1, 0.15) is 26.4 Å². The summed E-state index contributed by atoms with van der Waals surface area (Å²) in [4.78, 5) is 28.5. The molecule has 0 atom stereocenters. The van der Waals surface area contributed by atoms with Gasteiger partial charge in [0.05, 0.1) is 21.3 Å². The van der Waals surface area contributed by atoms with Gasteiger partial charge in [-0.25, -0.2) is 0 Å². The zero-order valence-electron chi connectivity index (χ0n) is 16.7. The molecule has 0 radical (unpaired) electrons. The van der Waals surface area contributed by atoms with Gasteiger partial charge in [-0.1, -0.05) is 18.2 Å². The zero-order chi connectivity index (χ0) is 21.5. The van der Waals surface area contributed by atoms with Gasteiger partial charge < -0.3 is 23.9 Å². The first-order valence-electron chi connectivity index (χ1n) is 8.94. The van der Waals surface area contributed by atoms with E-state index in [0.29, 0.717) is 22.8 Å². The molecule has 0 spiro atoms. The summed E-state index contributed by atoms with van der Waals surface area (Å²) in [5, 5.41) is 5.23. The van der Waals surface area contributed by atoms with Crippen molar-refractivity contribution in [2.75, 3.05) is 26.6 Å². The summed E-state index contributed by atoms with van der Waals surface area (Å²) in [6.07, 6.45) is 1.17. The number of rotatable bonds is 8. The fraction of sp³-hybridized carbons (Fsp3) is 0.190. The van der Waals surface area contributed by atoms with Crippen molar-refractivity contribution in [3.63, 3.8) is 0 Å². The second kappa shape index (κ2) is 9.46. The number of carbonyl (C=O) groups is 2. The minimum absolute atomic E-state index is 0.0332. The monoisotopic (exact) mass is 411 g/mol. The van der Waals surface area contributed by atoms with Crippen molar-refractivity contribution in [3.8, 4) is 17.2 Å². The molecule has 0 aliphatic heterocycles. The van der Waals surface area contributed by atoms with E-state index in [9.17, 15) is 9.59 Å². The van der Waals surface area contributed by atoms with E-state index in [1.54, 1.807) is 42.5 Å². The Morgan fingerprint density at radius 2 is 1.63 bits per heavy atom. The number of ether oxygens (including phenoxy) is 3. The molecule has 2 amide bonds. The van der Waals surface area contributed by atoms with Crippen LogP contribution >= 0.6 is 0 Å². The van der Waals surface area contributed by atoms with Crippen LogP contribution in [-0.2, 0) is 6.54 Å². The molecule has 0 aliphatic rings. The SMILES string of the molecule is COc1cc(CNC(=O)c2coc(NC(=O)c3ccccc3)n2)cc(OC)c1OC. The fourth-order valence-electron chi connectivity index (χ4n) is 2.70. The van der Waals surface area contributed by atoms with Crippen molar-refractivity contribution in [1.29, 1.82) is 0 Å². The molecular weight excluding hydrogens is 390 g/mol. The van der Waals surface area contributed by atoms with Crippen LogP contribution in [0.25, 0.3) is 0 Å². The summed E-state index contributed by atoms with van der Waals surface area (Å²) in [5.74, 6) is 0.571. The van der Waals surface area contributed by atoms with E-state index >= 15 is 0 Å². The highest BCUT2D eigenvalue weighted by molar-refractivity contribution is 6.03. The number of benzene rings is 2. The Hall–Kier alpha value is -4.01. The molecule has 0 fully saturated rings. The number of aromatic nitrogens is 1. The predicted octanol–water partition coefficient (Wildman–Crippen LogP) is 2.88. The maximum absolute atomic E-state index is 12.4. The Kier molecular flexibility index (Phi) is 6.53. The Morgan fingerprint density at radius 3 is 2.23 bits per heavy atom. The topological polar surface area (TPSA) is 112 Å². The summed E-state index contributed by atoms with van der Waals surface area (Å²) in [6.45, 7) is 0.189. The van der Waals surface area contributed by atoms with Gasteiger partial charge in [0.1, 0.15) is 6.26 Å². The minimum atomic E-state index is -0.465. The lowest BCUT2D eigenvalue weighted by Crippen LogP contribution is -2.23. The van der Waals surface area contributed by atoms with Crippen LogP contribution in [0.2, 0.25) is 0 Å². The van der Waals surface area contributed by atoms with Crippen LogP contribution in [-0.4, -0.2) is 38.1 Å². The molecule has 0 unspecified atom stereocenters. The normalized spacial score (nSPS) is 10.2. The van der Waals surface area contributed by atoms with Gasteiger partial charge in [-0.05, 0) is 29.8 Å². The number of carbonyl (C=O) groups excluding carboxylic acids is 2. The summed E-state index contributed by atoms with van der Waals surface area (Å²) in [5.41, 5.74) is 1.22. The van der Waals surface area contributed by atoms with Gasteiger partial charge in [-0.3, -0.25) is 14.9 Å². The molecule has 2 N–H and O–H groups in total. The van der Waals surface area contributed by atoms with Crippen molar-refractivity contribution >= 4 is 17.8 Å². The minimum Gasteiger partial charge on any atom is -0.493 e. The van der Waals surface area contributed by atoms with Crippen molar-refractivity contribution in [1.82, 2.24) is 10.3 Å². The highest BCUT2D eigenvalue weighted by Crippen LogP contribution is 2.38. The highest BCUT2D eigenvalue weighted by Gasteiger charge is 2.16. The first-order valence-corrected chi connectivity index (χ1v) is 8.94. The Morgan fingerprint density at radius 1 is 0.967 bits per heavy atom. The van der Waals surface area contributed by atoms with Crippen LogP contribution in [0.5, 0.6) is 17.2 Å². The number of hydrogen-bond donors (Lipinski definition) is 2. The highest BCUT2D eigenvalue weighted by atomic mass is 16.5. The van der Waals surface area contributed by atoms with Crippen LogP contribution < -0.4 is 24.8 Å². The average molecular weight is 411 g/mol. The maximum atomic E-state index is 12.4. The molecule has 156 valence electrons. The number of nitrogens with zero attached hydrogens (tertiary/aromatic N) is 1. The molecule has 9 nitrogen and oxygen atoms in total. The molecule has 3 aromatic rings. The number of nitrogens with one attached hydrogen (secondary N) is 2. The van der Waals surface area contributed by atoms with Gasteiger partial charge in [-0.2, -0.15) is 4.98 Å². The Bertz CT molecular complexity index is 1010. The summed E-state index contributed by atoms with van der Waals surface area (Å²) in [7, 11) is 4.54. The van der Waals surface area contributed by atoms with Crippen molar-refractivity contribution < 1.29 is 28.2 Å². The number of amides is 2. The zero-order valence-corrected chi connectivity index (χ0v) is 16.7. The van der Waals surface area contributed by atoms with Gasteiger partial charge in [0.2, 0.25) is 5.75 Å². The fourth-order valence-corrected chi connectivity index (χ4v) is 2.70. The molecule has 2 aromatic carbocycles. The lowest BCUT2D eigenvalue weighted by molar-refractivity contribution is 0.0944. The molecular formula is C21H21N3O6. The standard InChI is InChI=1S/C21H21N3O6/c1-27-16-9-13(10-17(28-2)18(16)29-3)11-22-20(26)15-12-30-21(23-15)24-19(25)14-7-5-4-6-8-14/h4-10,12H,11H2,1-3H3,(H,22,26)(H,23,24,25). The van der Waals surface area contributed by atoms with E-state index in [1.807, 2.05) is 0 Å². The quantitative estimate of drug-likeness (QED) is 0.586. The second-order valence-corrected chi connectivity index (χ2v) is 6.07. The smallest absolute Gasteiger partial charge is 0.302 e. The predicted molar refractivity (Wildman–Crippen MR) is 108 cm³/mol. The van der Waals surface area contributed by atoms with Crippen molar-refractivity contribution in [2.45, 2.75) is 6.54 Å². The lowest BCUT2D eigenvalue weighted by atomic mass is 10.1. The molecule has 3 rings (SSSR count). The van der Waals surface area contributed by atoms with E-state index in [2.05, 4.69) is 15.6 Å². The molecule has 30 heavy (non-hydrogen) atoms. The third-order valence-corrected chi connectivity index (χ3v) is 4.17. The van der Waals surface area contributed by atoms with E-state index in [4.69, 9.17) is 18.6 Å². The van der Waals surface area contributed by atoms with Crippen LogP contribution in [0.3, 0.4) is 0 Å². The average Bonchev–Trinajstić information content (AvgIpc) is 3.25. The number of anilines is 1. The molecule has 1 aromatic heterocycles. The Balaban J connectivity index is 1.64. The molecule has 1 heterocycles. The van der Waals surface area contributed by atoms with E-state index in [-0.39, 0.29) is 24.2 Å². The first kappa shape index (κ1) is 20.7. The molecule has 0 aliphatic carbocycles. The van der Waals surface area contributed by atoms with Gasteiger partial charge in [0.25, 0.3) is 11.8 Å². The summed E-state index contributed by atoms with van der Waals surface area (Å²) >= 11 is 0. The molecule has 0 saturated carbocycles. The summed E-state index contributed by atoms with van der Waals surface area (Å²) in [6, 6.07) is 12.0. The molecule has 0 bridgehead atoms. The van der Waals surface area contributed by atoms with Crippen LogP contribution in [0.15, 0.2) is 53.1 Å². The molecule has 9 heteroatoms. The van der Waals surface area contributed by atoms with Crippen LogP contribution in [0, 0.1) is 0 Å². The molecule has 0 saturated heterocycles. The maximum Gasteiger partial charge on any atom is 0.302 e. The number of methoxy groups -OCH3 is 3. The van der Waals surface area contributed by atoms with E-state index in [1.165, 1.54) is 27.6 Å². The largest absolute Gasteiger partial charge is 0.493 e. The van der Waals surface area contributed by atoms with Crippen molar-refractivity contribution in [3.05, 3.63) is 65.5 Å². The summed E-state index contributed by atoms with van der Waals surface area (Å²) < 4.78 is 21.1. The second-order valence-electron chi connectivity index (χ2n) is 6.07. The number of hydrogen-bond acceptors (Lipinski definition) is 7. The lowest BCUT2D eigenvalue weighted by Gasteiger charge is -2.14. The number of oxazole rings is 1.